The Morgan fingerprint density at radius 1 is 1.00 bits per heavy atom. The van der Waals surface area contributed by atoms with Crippen molar-refractivity contribution in [3.8, 4) is 11.5 Å². The molecule has 6 nitrogen and oxygen atoms in total. The summed E-state index contributed by atoms with van der Waals surface area (Å²) in [4.78, 5) is 13.8. The van der Waals surface area contributed by atoms with Gasteiger partial charge in [-0.3, -0.25) is 4.90 Å². The zero-order chi connectivity index (χ0) is 15.9. The van der Waals surface area contributed by atoms with E-state index in [9.17, 15) is 0 Å². The van der Waals surface area contributed by atoms with Gasteiger partial charge in [-0.15, -0.1) is 0 Å². The lowest BCUT2D eigenvalue weighted by molar-refractivity contribution is 0.174. The lowest BCUT2D eigenvalue weighted by Gasteiger charge is -2.25. The highest BCUT2D eigenvalue weighted by molar-refractivity contribution is 5.44. The van der Waals surface area contributed by atoms with E-state index in [1.54, 1.807) is 0 Å². The molecule has 124 valence electrons. The zero-order valence-corrected chi connectivity index (χ0v) is 13.5. The number of nitrogens with zero attached hydrogens (tertiary/aromatic N) is 4. The summed E-state index contributed by atoms with van der Waals surface area (Å²) in [6, 6.07) is 9.26. The minimum Gasteiger partial charge on any atom is -0.454 e. The molecular weight excluding hydrogens is 304 g/mol. The van der Waals surface area contributed by atoms with Crippen molar-refractivity contribution in [2.24, 2.45) is 0 Å². The van der Waals surface area contributed by atoms with Crippen LogP contribution in [-0.4, -0.2) is 46.8 Å². The van der Waals surface area contributed by atoms with Crippen LogP contribution in [0.4, 0.5) is 5.95 Å². The van der Waals surface area contributed by atoms with E-state index in [0.717, 1.165) is 37.1 Å². The van der Waals surface area contributed by atoms with Crippen LogP contribution >= 0.6 is 0 Å². The van der Waals surface area contributed by atoms with Gasteiger partial charge in [0.05, 0.1) is 0 Å². The Kier molecular flexibility index (Phi) is 3.29. The first-order valence-corrected chi connectivity index (χ1v) is 8.55. The largest absolute Gasteiger partial charge is 0.454 e. The Morgan fingerprint density at radius 3 is 2.75 bits per heavy atom. The fourth-order valence-corrected chi connectivity index (χ4v) is 4.23. The van der Waals surface area contributed by atoms with Gasteiger partial charge < -0.3 is 14.4 Å². The average molecular weight is 324 g/mol. The van der Waals surface area contributed by atoms with Crippen molar-refractivity contribution in [2.75, 3.05) is 24.8 Å². The smallest absolute Gasteiger partial charge is 0.231 e. The number of fused-ring (bicyclic) bond motifs is 2. The normalized spacial score (nSPS) is 25.2. The molecule has 5 rings (SSSR count). The van der Waals surface area contributed by atoms with E-state index in [2.05, 4.69) is 31.9 Å². The predicted octanol–water partition coefficient (Wildman–Crippen LogP) is 2.06. The lowest BCUT2D eigenvalue weighted by Crippen LogP contribution is -2.37. The van der Waals surface area contributed by atoms with Gasteiger partial charge >= 0.3 is 0 Å². The van der Waals surface area contributed by atoms with Crippen LogP contribution in [0.15, 0.2) is 36.7 Å². The highest BCUT2D eigenvalue weighted by Crippen LogP contribution is 2.36. The fourth-order valence-electron chi connectivity index (χ4n) is 4.23. The molecule has 0 N–H and O–H groups in total. The van der Waals surface area contributed by atoms with E-state index < -0.39 is 0 Å². The van der Waals surface area contributed by atoms with Crippen LogP contribution in [-0.2, 0) is 6.54 Å². The van der Waals surface area contributed by atoms with E-state index in [-0.39, 0.29) is 0 Å². The molecule has 2 aromatic rings. The Balaban J connectivity index is 1.31. The maximum Gasteiger partial charge on any atom is 0.231 e. The van der Waals surface area contributed by atoms with Gasteiger partial charge in [0.2, 0.25) is 12.7 Å². The van der Waals surface area contributed by atoms with Crippen LogP contribution < -0.4 is 14.4 Å². The monoisotopic (exact) mass is 324 g/mol. The second kappa shape index (κ2) is 5.63. The minimum atomic E-state index is 0.333. The molecule has 0 spiro atoms. The van der Waals surface area contributed by atoms with Gasteiger partial charge in [0.1, 0.15) is 0 Å². The molecule has 4 heterocycles. The summed E-state index contributed by atoms with van der Waals surface area (Å²) < 4.78 is 10.9. The number of rotatable bonds is 3. The molecule has 24 heavy (non-hydrogen) atoms. The Bertz CT molecular complexity index is 739. The number of anilines is 1. The summed E-state index contributed by atoms with van der Waals surface area (Å²) in [5.41, 5.74) is 1.29. The Morgan fingerprint density at radius 2 is 1.83 bits per heavy atom. The molecule has 2 saturated heterocycles. The highest BCUT2D eigenvalue weighted by atomic mass is 16.7. The maximum atomic E-state index is 5.50. The van der Waals surface area contributed by atoms with Crippen molar-refractivity contribution in [3.05, 3.63) is 42.2 Å². The van der Waals surface area contributed by atoms with Gasteiger partial charge in [0.25, 0.3) is 0 Å². The summed E-state index contributed by atoms with van der Waals surface area (Å²) in [7, 11) is 0. The molecule has 0 unspecified atom stereocenters. The van der Waals surface area contributed by atoms with Gasteiger partial charge in [-0.05, 0) is 36.6 Å². The van der Waals surface area contributed by atoms with Crippen molar-refractivity contribution < 1.29 is 9.47 Å². The molecule has 3 aliphatic rings. The molecule has 1 aromatic heterocycles. The fraction of sp³-hybridized carbons (Fsp3) is 0.444. The SMILES string of the molecule is c1cnc(N2CC[C@H]3[C@H]2CCN3Cc2ccc3c(c2)OCO3)nc1. The van der Waals surface area contributed by atoms with Crippen LogP contribution in [0.5, 0.6) is 11.5 Å². The molecule has 2 fully saturated rings. The van der Waals surface area contributed by atoms with Gasteiger partial charge in [-0.1, -0.05) is 6.07 Å². The Labute approximate surface area is 141 Å². The van der Waals surface area contributed by atoms with Gasteiger partial charge in [-0.2, -0.15) is 0 Å². The van der Waals surface area contributed by atoms with Gasteiger partial charge in [0.15, 0.2) is 11.5 Å². The topological polar surface area (TPSA) is 50.7 Å². The predicted molar refractivity (Wildman–Crippen MR) is 89.2 cm³/mol. The van der Waals surface area contributed by atoms with E-state index in [0.29, 0.717) is 18.9 Å². The lowest BCUT2D eigenvalue weighted by atomic mass is 10.1. The molecule has 0 saturated carbocycles. The third-order valence-corrected chi connectivity index (χ3v) is 5.32. The van der Waals surface area contributed by atoms with E-state index in [1.807, 2.05) is 24.5 Å². The molecule has 2 atom stereocenters. The summed E-state index contributed by atoms with van der Waals surface area (Å²) in [6.45, 7) is 3.45. The van der Waals surface area contributed by atoms with Crippen LogP contribution in [0.3, 0.4) is 0 Å². The summed E-state index contributed by atoms with van der Waals surface area (Å²) in [5.74, 6) is 2.59. The number of hydrogen-bond donors (Lipinski definition) is 0. The third-order valence-electron chi connectivity index (χ3n) is 5.32. The summed E-state index contributed by atoms with van der Waals surface area (Å²) in [5, 5.41) is 0. The van der Waals surface area contributed by atoms with Crippen molar-refractivity contribution in [1.29, 1.82) is 0 Å². The number of aromatic nitrogens is 2. The summed E-state index contributed by atoms with van der Waals surface area (Å²) in [6.07, 6.45) is 6.00. The maximum absolute atomic E-state index is 5.50. The molecule has 0 bridgehead atoms. The first kappa shape index (κ1) is 14.0. The second-order valence-corrected chi connectivity index (χ2v) is 6.61. The highest BCUT2D eigenvalue weighted by Gasteiger charge is 2.43. The third kappa shape index (κ3) is 2.29. The van der Waals surface area contributed by atoms with Crippen LogP contribution in [0, 0.1) is 0 Å². The molecule has 0 radical (unpaired) electrons. The van der Waals surface area contributed by atoms with E-state index in [4.69, 9.17) is 9.47 Å². The standard InChI is InChI=1S/C18H20N4O2/c1-6-19-18(20-7-1)22-9-5-14-15(22)4-8-21(14)11-13-2-3-16-17(10-13)24-12-23-16/h1-3,6-7,10,14-15H,4-5,8-9,11-12H2/t14-,15+/m0/s1. The van der Waals surface area contributed by atoms with Crippen LogP contribution in [0.25, 0.3) is 0 Å². The molecule has 3 aliphatic heterocycles. The van der Waals surface area contributed by atoms with E-state index in [1.165, 1.54) is 18.4 Å². The van der Waals surface area contributed by atoms with Crippen molar-refractivity contribution >= 4 is 5.95 Å². The van der Waals surface area contributed by atoms with Gasteiger partial charge in [0, 0.05) is 44.1 Å². The van der Waals surface area contributed by atoms with E-state index >= 15 is 0 Å². The molecule has 0 aliphatic carbocycles. The molecule has 1 aromatic carbocycles. The molecule has 6 heteroatoms. The zero-order valence-electron chi connectivity index (χ0n) is 13.5. The van der Waals surface area contributed by atoms with Crippen LogP contribution in [0.2, 0.25) is 0 Å². The number of benzene rings is 1. The molecule has 0 amide bonds. The number of hydrogen-bond acceptors (Lipinski definition) is 6. The number of ether oxygens (including phenoxy) is 2. The average Bonchev–Trinajstić information content (AvgIpc) is 3.32. The quantitative estimate of drug-likeness (QED) is 0.861. The summed E-state index contributed by atoms with van der Waals surface area (Å²) >= 11 is 0. The molecular formula is C18H20N4O2. The number of likely N-dealkylation sites (tertiary alicyclic amines) is 1. The van der Waals surface area contributed by atoms with Crippen molar-refractivity contribution in [1.82, 2.24) is 14.9 Å². The Hall–Kier alpha value is -2.34. The minimum absolute atomic E-state index is 0.333. The van der Waals surface area contributed by atoms with Crippen molar-refractivity contribution in [2.45, 2.75) is 31.5 Å². The second-order valence-electron chi connectivity index (χ2n) is 6.61. The first-order chi connectivity index (χ1) is 11.9. The van der Waals surface area contributed by atoms with Crippen LogP contribution in [0.1, 0.15) is 18.4 Å². The van der Waals surface area contributed by atoms with Gasteiger partial charge in [-0.25, -0.2) is 9.97 Å². The van der Waals surface area contributed by atoms with Crippen molar-refractivity contribution in [3.63, 3.8) is 0 Å². The first-order valence-electron chi connectivity index (χ1n) is 8.55.